The molecule has 1 N–H and O–H groups in total. The molecule has 1 nitrogen and oxygen atoms in total. The fourth-order valence-corrected chi connectivity index (χ4v) is 3.98. The molecule has 0 aliphatic heterocycles. The molecule has 0 saturated heterocycles. The van der Waals surface area contributed by atoms with Gasteiger partial charge < -0.3 is 5.32 Å². The summed E-state index contributed by atoms with van der Waals surface area (Å²) < 4.78 is 0. The van der Waals surface area contributed by atoms with E-state index in [0.717, 1.165) is 29.7 Å². The first-order valence-corrected chi connectivity index (χ1v) is 7.06. The highest BCUT2D eigenvalue weighted by atomic mass is 14.9. The Morgan fingerprint density at radius 1 is 1.13 bits per heavy atom. The van der Waals surface area contributed by atoms with Gasteiger partial charge in [0.1, 0.15) is 0 Å². The number of nitrogens with one attached hydrogen (secondary N) is 1. The van der Waals surface area contributed by atoms with Crippen molar-refractivity contribution < 1.29 is 0 Å². The minimum Gasteiger partial charge on any atom is -0.314 e. The Bertz CT molecular complexity index is 221. The van der Waals surface area contributed by atoms with Crippen molar-refractivity contribution in [2.24, 2.45) is 23.7 Å². The lowest BCUT2D eigenvalue weighted by atomic mass is 9.84. The van der Waals surface area contributed by atoms with Gasteiger partial charge in [0.15, 0.2) is 0 Å². The monoisotopic (exact) mass is 207 g/mol. The van der Waals surface area contributed by atoms with Gasteiger partial charge >= 0.3 is 0 Å². The van der Waals surface area contributed by atoms with Gasteiger partial charge in [0.25, 0.3) is 0 Å². The van der Waals surface area contributed by atoms with Crippen LogP contribution in [0.4, 0.5) is 0 Å². The van der Waals surface area contributed by atoms with Crippen LogP contribution in [0.15, 0.2) is 0 Å². The zero-order valence-electron chi connectivity index (χ0n) is 10.0. The van der Waals surface area contributed by atoms with E-state index in [1.165, 1.54) is 45.1 Å². The molecule has 4 unspecified atom stereocenters. The van der Waals surface area contributed by atoms with Gasteiger partial charge in [0, 0.05) is 6.04 Å². The lowest BCUT2D eigenvalue weighted by Gasteiger charge is -2.28. The summed E-state index contributed by atoms with van der Waals surface area (Å²) in [7, 11) is 0. The van der Waals surface area contributed by atoms with E-state index in [9.17, 15) is 0 Å². The molecule has 3 saturated carbocycles. The molecule has 0 amide bonds. The second-order valence-corrected chi connectivity index (χ2v) is 6.31. The van der Waals surface area contributed by atoms with E-state index in [4.69, 9.17) is 0 Å². The van der Waals surface area contributed by atoms with Crippen LogP contribution < -0.4 is 5.32 Å². The number of fused-ring (bicyclic) bond motifs is 2. The van der Waals surface area contributed by atoms with E-state index in [1.807, 2.05) is 0 Å². The molecule has 1 heteroatoms. The molecule has 0 aromatic carbocycles. The van der Waals surface area contributed by atoms with Gasteiger partial charge in [-0.3, -0.25) is 0 Å². The fraction of sp³-hybridized carbons (Fsp3) is 1.00. The van der Waals surface area contributed by atoms with Crippen molar-refractivity contribution in [2.75, 3.05) is 6.54 Å². The molecule has 3 rings (SSSR count). The van der Waals surface area contributed by atoms with E-state index in [0.29, 0.717) is 0 Å². The van der Waals surface area contributed by atoms with Gasteiger partial charge in [-0.2, -0.15) is 0 Å². The van der Waals surface area contributed by atoms with Gasteiger partial charge in [-0.1, -0.05) is 19.3 Å². The van der Waals surface area contributed by atoms with Gasteiger partial charge in [0.2, 0.25) is 0 Å². The molecule has 0 spiro atoms. The SMILES string of the molecule is CC(NCCC1CC1)C1CC2CCC1C2. The van der Waals surface area contributed by atoms with E-state index in [-0.39, 0.29) is 0 Å². The third-order valence-corrected chi connectivity index (χ3v) is 5.15. The van der Waals surface area contributed by atoms with E-state index in [2.05, 4.69) is 12.2 Å². The predicted octanol–water partition coefficient (Wildman–Crippen LogP) is 3.20. The Kier molecular flexibility index (Phi) is 2.76. The van der Waals surface area contributed by atoms with Crippen molar-refractivity contribution in [1.82, 2.24) is 5.32 Å². The van der Waals surface area contributed by atoms with Crippen molar-refractivity contribution in [3.05, 3.63) is 0 Å². The van der Waals surface area contributed by atoms with Gasteiger partial charge in [-0.25, -0.2) is 0 Å². The van der Waals surface area contributed by atoms with Crippen LogP contribution in [-0.4, -0.2) is 12.6 Å². The average Bonchev–Trinajstić information content (AvgIpc) is 2.83. The van der Waals surface area contributed by atoms with Crippen molar-refractivity contribution in [3.63, 3.8) is 0 Å². The maximum atomic E-state index is 3.78. The van der Waals surface area contributed by atoms with Crippen LogP contribution in [0, 0.1) is 23.7 Å². The van der Waals surface area contributed by atoms with E-state index < -0.39 is 0 Å². The average molecular weight is 207 g/mol. The van der Waals surface area contributed by atoms with Crippen molar-refractivity contribution in [2.45, 2.75) is 57.9 Å². The first-order valence-electron chi connectivity index (χ1n) is 7.06. The second kappa shape index (κ2) is 4.08. The molecule has 0 aromatic heterocycles. The molecule has 3 aliphatic rings. The topological polar surface area (TPSA) is 12.0 Å². The highest BCUT2D eigenvalue weighted by molar-refractivity contribution is 4.94. The highest BCUT2D eigenvalue weighted by Gasteiger charge is 2.41. The first kappa shape index (κ1) is 10.1. The summed E-state index contributed by atoms with van der Waals surface area (Å²) in [6, 6.07) is 0.791. The van der Waals surface area contributed by atoms with Crippen LogP contribution in [0.3, 0.4) is 0 Å². The largest absolute Gasteiger partial charge is 0.314 e. The quantitative estimate of drug-likeness (QED) is 0.730. The first-order chi connectivity index (χ1) is 7.33. The van der Waals surface area contributed by atoms with Crippen molar-refractivity contribution in [3.8, 4) is 0 Å². The Morgan fingerprint density at radius 2 is 2.00 bits per heavy atom. The minimum atomic E-state index is 0.791. The Balaban J connectivity index is 1.41. The number of hydrogen-bond donors (Lipinski definition) is 1. The van der Waals surface area contributed by atoms with E-state index in [1.54, 1.807) is 6.42 Å². The molecule has 4 atom stereocenters. The highest BCUT2D eigenvalue weighted by Crippen LogP contribution is 2.49. The Labute approximate surface area is 94.0 Å². The molecular formula is C14H25N. The number of hydrogen-bond acceptors (Lipinski definition) is 1. The van der Waals surface area contributed by atoms with Crippen molar-refractivity contribution in [1.29, 1.82) is 0 Å². The third kappa shape index (κ3) is 2.22. The molecule has 2 bridgehead atoms. The molecule has 86 valence electrons. The molecule has 15 heavy (non-hydrogen) atoms. The Hall–Kier alpha value is -0.0400. The Morgan fingerprint density at radius 3 is 2.60 bits per heavy atom. The summed E-state index contributed by atoms with van der Waals surface area (Å²) in [5.41, 5.74) is 0. The van der Waals surface area contributed by atoms with Crippen LogP contribution >= 0.6 is 0 Å². The van der Waals surface area contributed by atoms with Crippen LogP contribution in [0.25, 0.3) is 0 Å². The van der Waals surface area contributed by atoms with E-state index >= 15 is 0 Å². The molecule has 0 radical (unpaired) electrons. The van der Waals surface area contributed by atoms with Crippen LogP contribution in [0.2, 0.25) is 0 Å². The summed E-state index contributed by atoms with van der Waals surface area (Å²) in [4.78, 5) is 0. The predicted molar refractivity (Wildman–Crippen MR) is 63.7 cm³/mol. The smallest absolute Gasteiger partial charge is 0.00697 e. The van der Waals surface area contributed by atoms with Crippen LogP contribution in [-0.2, 0) is 0 Å². The zero-order valence-corrected chi connectivity index (χ0v) is 10.0. The van der Waals surface area contributed by atoms with Gasteiger partial charge in [-0.15, -0.1) is 0 Å². The van der Waals surface area contributed by atoms with Gasteiger partial charge in [-0.05, 0) is 62.8 Å². The lowest BCUT2D eigenvalue weighted by molar-refractivity contribution is 0.259. The van der Waals surface area contributed by atoms with Crippen LogP contribution in [0.5, 0.6) is 0 Å². The molecular weight excluding hydrogens is 182 g/mol. The maximum Gasteiger partial charge on any atom is 0.00697 e. The maximum absolute atomic E-state index is 3.78. The fourth-order valence-electron chi connectivity index (χ4n) is 3.98. The summed E-state index contributed by atoms with van der Waals surface area (Å²) in [5.74, 6) is 4.29. The molecule has 3 fully saturated rings. The van der Waals surface area contributed by atoms with Gasteiger partial charge in [0.05, 0.1) is 0 Å². The minimum absolute atomic E-state index is 0.791. The van der Waals surface area contributed by atoms with Crippen molar-refractivity contribution >= 4 is 0 Å². The third-order valence-electron chi connectivity index (χ3n) is 5.15. The summed E-state index contributed by atoms with van der Waals surface area (Å²) in [6.07, 6.45) is 10.6. The summed E-state index contributed by atoms with van der Waals surface area (Å²) >= 11 is 0. The van der Waals surface area contributed by atoms with Crippen LogP contribution in [0.1, 0.15) is 51.9 Å². The molecule has 0 heterocycles. The summed E-state index contributed by atoms with van der Waals surface area (Å²) in [5, 5.41) is 3.78. The second-order valence-electron chi connectivity index (χ2n) is 6.31. The standard InChI is InChI=1S/C14H25N/c1-10(15-7-6-11-2-3-11)14-9-12-4-5-13(14)8-12/h10-15H,2-9H2,1H3. The molecule has 3 aliphatic carbocycles. The normalized spacial score (nSPS) is 41.0. The summed E-state index contributed by atoms with van der Waals surface area (Å²) in [6.45, 7) is 3.71. The molecule has 0 aromatic rings. The zero-order chi connectivity index (χ0) is 10.3. The number of rotatable bonds is 5. The lowest BCUT2D eigenvalue weighted by Crippen LogP contribution is -2.36.